The largest absolute Gasteiger partial charge is 0.356 e. The Kier molecular flexibility index (Phi) is 8.47. The Morgan fingerprint density at radius 3 is 2.29 bits per heavy atom. The normalized spacial score (nSPS) is 15.2. The van der Waals surface area contributed by atoms with Crippen LogP contribution in [0, 0.1) is 5.41 Å². The minimum Gasteiger partial charge on any atom is -0.356 e. The van der Waals surface area contributed by atoms with Crippen molar-refractivity contribution in [2.75, 3.05) is 44.7 Å². The van der Waals surface area contributed by atoms with Gasteiger partial charge in [0.15, 0.2) is 5.96 Å². The molecule has 7 heteroatoms. The molecule has 0 amide bonds. The molecule has 1 aliphatic heterocycles. The van der Waals surface area contributed by atoms with Crippen LogP contribution in [0.3, 0.4) is 0 Å². The number of piperazine rings is 1. The van der Waals surface area contributed by atoms with Crippen LogP contribution in [0.15, 0.2) is 53.8 Å². The second-order valence-corrected chi connectivity index (χ2v) is 7.75. The summed E-state index contributed by atoms with van der Waals surface area (Å²) in [6, 6.07) is 12.5. The highest BCUT2D eigenvalue weighted by Gasteiger charge is 2.23. The number of aliphatic imine (C=N–C) groups is 1. The topological polar surface area (TPSA) is 56.7 Å². The molecule has 2 heterocycles. The zero-order chi connectivity index (χ0) is 19.1. The fourth-order valence-electron chi connectivity index (χ4n) is 3.43. The number of nitrogens with one attached hydrogen (secondary N) is 1. The molecule has 1 N–H and O–H groups in total. The summed E-state index contributed by atoms with van der Waals surface area (Å²) in [5, 5.41) is 3.58. The third kappa shape index (κ3) is 6.32. The Bertz CT molecular complexity index is 727. The number of aromatic nitrogens is 2. The minimum atomic E-state index is 0. The predicted octanol–water partition coefficient (Wildman–Crippen LogP) is 3.06. The smallest absolute Gasteiger partial charge is 0.225 e. The molecule has 0 radical (unpaired) electrons. The highest BCUT2D eigenvalue weighted by molar-refractivity contribution is 14.0. The molecule has 1 fully saturated rings. The lowest BCUT2D eigenvalue weighted by molar-refractivity contribution is 0.332. The lowest BCUT2D eigenvalue weighted by Gasteiger charge is -2.37. The van der Waals surface area contributed by atoms with Gasteiger partial charge in [-0.1, -0.05) is 44.2 Å². The first kappa shape index (κ1) is 22.4. The van der Waals surface area contributed by atoms with Crippen molar-refractivity contribution >= 4 is 35.9 Å². The zero-order valence-corrected chi connectivity index (χ0v) is 19.3. The van der Waals surface area contributed by atoms with Gasteiger partial charge in [0.2, 0.25) is 5.95 Å². The molecule has 28 heavy (non-hydrogen) atoms. The van der Waals surface area contributed by atoms with Crippen molar-refractivity contribution in [3.05, 3.63) is 54.4 Å². The number of guanidine groups is 1. The van der Waals surface area contributed by atoms with E-state index in [9.17, 15) is 0 Å². The fourth-order valence-corrected chi connectivity index (χ4v) is 3.43. The van der Waals surface area contributed by atoms with Gasteiger partial charge in [-0.25, -0.2) is 9.97 Å². The van der Waals surface area contributed by atoms with Crippen molar-refractivity contribution in [3.63, 3.8) is 0 Å². The van der Waals surface area contributed by atoms with Crippen molar-refractivity contribution in [3.8, 4) is 0 Å². The standard InChI is InChI=1S/C21H30N6.HI/c1-21(2,16-18-8-5-4-6-9-18)17-25-19(22-3)26-12-14-27(15-13-26)20-23-10-7-11-24-20;/h4-11H,12-17H2,1-3H3,(H,22,25);1H. The lowest BCUT2D eigenvalue weighted by atomic mass is 9.86. The number of hydrogen-bond acceptors (Lipinski definition) is 4. The average Bonchev–Trinajstić information content (AvgIpc) is 2.70. The molecule has 0 bridgehead atoms. The van der Waals surface area contributed by atoms with E-state index in [4.69, 9.17) is 0 Å². The van der Waals surface area contributed by atoms with Gasteiger partial charge in [-0.3, -0.25) is 4.99 Å². The maximum absolute atomic E-state index is 4.50. The predicted molar refractivity (Wildman–Crippen MR) is 127 cm³/mol. The molecule has 1 aromatic heterocycles. The van der Waals surface area contributed by atoms with E-state index >= 15 is 0 Å². The van der Waals surface area contributed by atoms with Crippen LogP contribution in [0.25, 0.3) is 0 Å². The van der Waals surface area contributed by atoms with Crippen molar-refractivity contribution in [1.82, 2.24) is 20.2 Å². The first-order valence-corrected chi connectivity index (χ1v) is 9.59. The molecule has 3 rings (SSSR count). The fraction of sp³-hybridized carbons (Fsp3) is 0.476. The number of nitrogens with zero attached hydrogens (tertiary/aromatic N) is 5. The van der Waals surface area contributed by atoms with Crippen LogP contribution in [0.4, 0.5) is 5.95 Å². The molecule has 0 unspecified atom stereocenters. The third-order valence-corrected chi connectivity index (χ3v) is 4.88. The summed E-state index contributed by atoms with van der Waals surface area (Å²) in [6.07, 6.45) is 4.63. The van der Waals surface area contributed by atoms with Gasteiger partial charge in [0, 0.05) is 52.2 Å². The SMILES string of the molecule is CN=C(NCC(C)(C)Cc1ccccc1)N1CCN(c2ncccn2)CC1.I. The molecule has 0 aliphatic carbocycles. The molecular weight excluding hydrogens is 463 g/mol. The minimum absolute atomic E-state index is 0. The van der Waals surface area contributed by atoms with Gasteiger partial charge in [0.1, 0.15) is 0 Å². The monoisotopic (exact) mass is 494 g/mol. The van der Waals surface area contributed by atoms with Gasteiger partial charge in [0.05, 0.1) is 0 Å². The van der Waals surface area contributed by atoms with Crippen LogP contribution in [0.5, 0.6) is 0 Å². The van der Waals surface area contributed by atoms with E-state index in [1.807, 2.05) is 13.1 Å². The van der Waals surface area contributed by atoms with E-state index in [2.05, 4.69) is 74.3 Å². The summed E-state index contributed by atoms with van der Waals surface area (Å²) in [6.45, 7) is 9.11. The quantitative estimate of drug-likeness (QED) is 0.394. The molecule has 0 saturated carbocycles. The zero-order valence-electron chi connectivity index (χ0n) is 17.0. The second-order valence-electron chi connectivity index (χ2n) is 7.75. The summed E-state index contributed by atoms with van der Waals surface area (Å²) in [7, 11) is 1.86. The van der Waals surface area contributed by atoms with Crippen molar-refractivity contribution in [1.29, 1.82) is 0 Å². The summed E-state index contributed by atoms with van der Waals surface area (Å²) >= 11 is 0. The summed E-state index contributed by atoms with van der Waals surface area (Å²) < 4.78 is 0. The van der Waals surface area contributed by atoms with Crippen LogP contribution in [-0.4, -0.2) is 60.6 Å². The van der Waals surface area contributed by atoms with Gasteiger partial charge >= 0.3 is 0 Å². The van der Waals surface area contributed by atoms with Crippen LogP contribution < -0.4 is 10.2 Å². The van der Waals surface area contributed by atoms with Gasteiger partial charge in [-0.2, -0.15) is 0 Å². The summed E-state index contributed by atoms with van der Waals surface area (Å²) in [5.74, 6) is 1.79. The van der Waals surface area contributed by atoms with Gasteiger partial charge < -0.3 is 15.1 Å². The second kappa shape index (κ2) is 10.6. The maximum atomic E-state index is 4.50. The molecule has 2 aromatic rings. The number of anilines is 1. The Labute approximate surface area is 185 Å². The summed E-state index contributed by atoms with van der Waals surface area (Å²) in [5.41, 5.74) is 1.52. The molecule has 1 aliphatic rings. The van der Waals surface area contributed by atoms with Gasteiger partial charge in [-0.15, -0.1) is 24.0 Å². The Hall–Kier alpha value is -1.90. The number of halogens is 1. The Morgan fingerprint density at radius 2 is 1.68 bits per heavy atom. The Balaban J connectivity index is 0.00000280. The highest BCUT2D eigenvalue weighted by Crippen LogP contribution is 2.21. The van der Waals surface area contributed by atoms with E-state index in [0.29, 0.717) is 0 Å². The molecule has 152 valence electrons. The lowest BCUT2D eigenvalue weighted by Crippen LogP contribution is -2.54. The molecule has 6 nitrogen and oxygen atoms in total. The van der Waals surface area contributed by atoms with E-state index in [1.165, 1.54) is 5.56 Å². The molecule has 0 spiro atoms. The van der Waals surface area contributed by atoms with E-state index < -0.39 is 0 Å². The van der Waals surface area contributed by atoms with Crippen LogP contribution >= 0.6 is 24.0 Å². The Morgan fingerprint density at radius 1 is 1.04 bits per heavy atom. The molecule has 1 saturated heterocycles. The van der Waals surface area contributed by atoms with Gasteiger partial charge in [-0.05, 0) is 23.5 Å². The number of benzene rings is 1. The molecular formula is C21H31IN6. The van der Waals surface area contributed by atoms with Crippen molar-refractivity contribution in [2.45, 2.75) is 20.3 Å². The van der Waals surface area contributed by atoms with Crippen LogP contribution in [-0.2, 0) is 6.42 Å². The van der Waals surface area contributed by atoms with Crippen LogP contribution in [0.1, 0.15) is 19.4 Å². The maximum Gasteiger partial charge on any atom is 0.225 e. The van der Waals surface area contributed by atoms with E-state index in [0.717, 1.165) is 51.1 Å². The van der Waals surface area contributed by atoms with E-state index in [1.54, 1.807) is 12.4 Å². The average molecular weight is 494 g/mol. The van der Waals surface area contributed by atoms with E-state index in [-0.39, 0.29) is 29.4 Å². The molecule has 0 atom stereocenters. The molecule has 1 aromatic carbocycles. The number of hydrogen-bond donors (Lipinski definition) is 1. The first-order valence-electron chi connectivity index (χ1n) is 9.59. The van der Waals surface area contributed by atoms with Crippen LogP contribution in [0.2, 0.25) is 0 Å². The van der Waals surface area contributed by atoms with Crippen molar-refractivity contribution in [2.24, 2.45) is 10.4 Å². The van der Waals surface area contributed by atoms with Crippen molar-refractivity contribution < 1.29 is 0 Å². The van der Waals surface area contributed by atoms with Gasteiger partial charge in [0.25, 0.3) is 0 Å². The third-order valence-electron chi connectivity index (χ3n) is 4.88. The highest BCUT2D eigenvalue weighted by atomic mass is 127. The summed E-state index contributed by atoms with van der Waals surface area (Å²) in [4.78, 5) is 17.7. The first-order chi connectivity index (χ1) is 13.1. The number of rotatable bonds is 5.